The van der Waals surface area contributed by atoms with Gasteiger partial charge in [-0.25, -0.2) is 9.69 Å². The quantitative estimate of drug-likeness (QED) is 0.513. The minimum Gasteiger partial charge on any atom is -0.443 e. The summed E-state index contributed by atoms with van der Waals surface area (Å²) in [6.07, 6.45) is -0.532. The number of nitrogens with zero attached hydrogens (tertiary/aromatic N) is 5. The van der Waals surface area contributed by atoms with Gasteiger partial charge in [0.1, 0.15) is 5.60 Å². The molecule has 1 unspecified atom stereocenters. The molecule has 0 aliphatic carbocycles. The molecule has 1 aromatic rings. The van der Waals surface area contributed by atoms with Crippen LogP contribution >= 0.6 is 0 Å². The number of ether oxygens (including phenoxy) is 1. The van der Waals surface area contributed by atoms with Crippen LogP contribution in [0.1, 0.15) is 32.4 Å². The van der Waals surface area contributed by atoms with Crippen LogP contribution in [-0.4, -0.2) is 29.1 Å². The van der Waals surface area contributed by atoms with E-state index in [4.69, 9.17) is 16.0 Å². The van der Waals surface area contributed by atoms with E-state index in [1.807, 2.05) is 0 Å². The van der Waals surface area contributed by atoms with Gasteiger partial charge < -0.3 is 10.5 Å². The van der Waals surface area contributed by atoms with Crippen LogP contribution < -0.4 is 5.73 Å². The van der Waals surface area contributed by atoms with Crippen molar-refractivity contribution in [2.75, 3.05) is 6.54 Å². The van der Waals surface area contributed by atoms with Gasteiger partial charge in [-0.3, -0.25) is 4.99 Å². The average molecular weight is 302 g/mol. The fourth-order valence-electron chi connectivity index (χ4n) is 2.10. The number of rotatable bonds is 2. The number of aliphatic imine (C=N–C) groups is 1. The molecule has 0 fully saturated rings. The molecule has 0 bridgehead atoms. The number of amides is 1. The predicted octanol–water partition coefficient (Wildman–Crippen LogP) is 3.23. The molecule has 8 nitrogen and oxygen atoms in total. The second-order valence-corrected chi connectivity index (χ2v) is 5.85. The zero-order valence-electron chi connectivity index (χ0n) is 12.7. The highest BCUT2D eigenvalue weighted by Crippen LogP contribution is 2.28. The van der Waals surface area contributed by atoms with Gasteiger partial charge in [0.25, 0.3) is 0 Å². The van der Waals surface area contributed by atoms with Crippen LogP contribution in [0.5, 0.6) is 0 Å². The number of azide groups is 1. The molecular weight excluding hydrogens is 284 g/mol. The summed E-state index contributed by atoms with van der Waals surface area (Å²) in [5, 5.41) is 3.51. The molecule has 0 spiro atoms. The molecule has 1 amide bonds. The molecule has 116 valence electrons. The third-order valence-corrected chi connectivity index (χ3v) is 3.01. The van der Waals surface area contributed by atoms with Gasteiger partial charge in [-0.2, -0.15) is 0 Å². The van der Waals surface area contributed by atoms with E-state index in [0.29, 0.717) is 12.2 Å². The second kappa shape index (κ2) is 5.95. The Morgan fingerprint density at radius 1 is 1.45 bits per heavy atom. The lowest BCUT2D eigenvalue weighted by Crippen LogP contribution is -2.43. The monoisotopic (exact) mass is 302 g/mol. The molecule has 22 heavy (non-hydrogen) atoms. The molecule has 1 atom stereocenters. The van der Waals surface area contributed by atoms with Crippen molar-refractivity contribution in [2.45, 2.75) is 32.4 Å². The maximum atomic E-state index is 12.3. The summed E-state index contributed by atoms with van der Waals surface area (Å²) in [7, 11) is 0. The van der Waals surface area contributed by atoms with Crippen LogP contribution in [-0.2, 0) is 4.74 Å². The molecule has 8 heteroatoms. The molecule has 2 rings (SSSR count). The maximum Gasteiger partial charge on any atom is 0.417 e. The number of guanidine groups is 1. The van der Waals surface area contributed by atoms with Gasteiger partial charge in [0, 0.05) is 10.6 Å². The van der Waals surface area contributed by atoms with Crippen LogP contribution in [0.4, 0.5) is 10.5 Å². The summed E-state index contributed by atoms with van der Waals surface area (Å²) in [5.41, 5.74) is 15.0. The summed E-state index contributed by atoms with van der Waals surface area (Å²) in [5.74, 6) is 0.137. The molecule has 2 N–H and O–H groups in total. The Morgan fingerprint density at radius 2 is 2.09 bits per heavy atom. The van der Waals surface area contributed by atoms with E-state index in [1.165, 1.54) is 4.90 Å². The van der Waals surface area contributed by atoms with E-state index < -0.39 is 11.7 Å². The molecule has 0 saturated heterocycles. The molecule has 1 heterocycles. The number of hydrogen-bond donors (Lipinski definition) is 1. The van der Waals surface area contributed by atoms with Crippen molar-refractivity contribution in [3.63, 3.8) is 0 Å². The first-order valence-corrected chi connectivity index (χ1v) is 6.79. The second-order valence-electron chi connectivity index (χ2n) is 5.85. The van der Waals surface area contributed by atoms with Crippen molar-refractivity contribution in [2.24, 2.45) is 15.8 Å². The standard InChI is InChI=1S/C14H18N6O2/c1-14(2,3)22-13(21)20-11(8-17-12(20)15)9-4-6-10(7-5-9)18-19-16/h4-7,11H,8H2,1-3H3,(H2,15,17). The number of carbonyl (C=O) groups is 1. The van der Waals surface area contributed by atoms with E-state index >= 15 is 0 Å². The van der Waals surface area contributed by atoms with Crippen LogP contribution in [0.25, 0.3) is 10.4 Å². The van der Waals surface area contributed by atoms with Crippen molar-refractivity contribution < 1.29 is 9.53 Å². The van der Waals surface area contributed by atoms with E-state index in [0.717, 1.165) is 5.56 Å². The number of nitrogens with two attached hydrogens (primary N) is 1. The Morgan fingerprint density at radius 3 is 2.64 bits per heavy atom. The average Bonchev–Trinajstić information content (AvgIpc) is 2.80. The number of hydrogen-bond acceptors (Lipinski definition) is 5. The first-order chi connectivity index (χ1) is 10.3. The van der Waals surface area contributed by atoms with Gasteiger partial charge >= 0.3 is 6.09 Å². The first-order valence-electron chi connectivity index (χ1n) is 6.79. The molecule has 0 aromatic heterocycles. The van der Waals surface area contributed by atoms with E-state index in [2.05, 4.69) is 15.0 Å². The van der Waals surface area contributed by atoms with Gasteiger partial charge in [-0.1, -0.05) is 29.4 Å². The van der Waals surface area contributed by atoms with Gasteiger partial charge in [-0.05, 0) is 31.9 Å². The Kier molecular flexibility index (Phi) is 4.23. The summed E-state index contributed by atoms with van der Waals surface area (Å²) >= 11 is 0. The van der Waals surface area contributed by atoms with Crippen LogP contribution in [0.15, 0.2) is 34.4 Å². The smallest absolute Gasteiger partial charge is 0.417 e. The Hall–Kier alpha value is -2.73. The van der Waals surface area contributed by atoms with E-state index in [-0.39, 0.29) is 12.0 Å². The Bertz CT molecular complexity index is 640. The third-order valence-electron chi connectivity index (χ3n) is 3.01. The maximum absolute atomic E-state index is 12.3. The van der Waals surface area contributed by atoms with E-state index in [1.54, 1.807) is 45.0 Å². The molecular formula is C14H18N6O2. The first kappa shape index (κ1) is 15.7. The molecule has 0 radical (unpaired) electrons. The molecule has 1 aliphatic rings. The summed E-state index contributed by atoms with van der Waals surface area (Å²) in [6.45, 7) is 5.74. The predicted molar refractivity (Wildman–Crippen MR) is 82.6 cm³/mol. The molecule has 0 saturated carbocycles. The van der Waals surface area contributed by atoms with Crippen molar-refractivity contribution in [3.8, 4) is 0 Å². The van der Waals surface area contributed by atoms with Crippen LogP contribution in [0.2, 0.25) is 0 Å². The van der Waals surface area contributed by atoms with Crippen molar-refractivity contribution in [1.29, 1.82) is 0 Å². The third kappa shape index (κ3) is 3.48. The molecule has 1 aliphatic heterocycles. The fourth-order valence-corrected chi connectivity index (χ4v) is 2.10. The van der Waals surface area contributed by atoms with Crippen LogP contribution in [0.3, 0.4) is 0 Å². The van der Waals surface area contributed by atoms with Gasteiger partial charge in [0.2, 0.25) is 5.96 Å². The summed E-state index contributed by atoms with van der Waals surface area (Å²) in [4.78, 5) is 20.5. The summed E-state index contributed by atoms with van der Waals surface area (Å²) < 4.78 is 5.37. The minimum absolute atomic E-state index is 0.137. The van der Waals surface area contributed by atoms with Crippen molar-refractivity contribution in [1.82, 2.24) is 4.90 Å². The van der Waals surface area contributed by atoms with Gasteiger partial charge in [-0.15, -0.1) is 0 Å². The van der Waals surface area contributed by atoms with Crippen molar-refractivity contribution >= 4 is 17.7 Å². The SMILES string of the molecule is CC(C)(C)OC(=O)N1C(N)=NCC1c1ccc(N=[N+]=[N-])cc1. The fraction of sp³-hybridized carbons (Fsp3) is 0.429. The zero-order valence-corrected chi connectivity index (χ0v) is 12.7. The van der Waals surface area contributed by atoms with E-state index in [9.17, 15) is 4.79 Å². The van der Waals surface area contributed by atoms with Gasteiger partial charge in [0.05, 0.1) is 12.6 Å². The lowest BCUT2D eigenvalue weighted by atomic mass is 10.1. The lowest BCUT2D eigenvalue weighted by molar-refractivity contribution is 0.0329. The highest BCUT2D eigenvalue weighted by Gasteiger charge is 2.35. The lowest BCUT2D eigenvalue weighted by Gasteiger charge is -2.28. The van der Waals surface area contributed by atoms with Crippen molar-refractivity contribution in [3.05, 3.63) is 40.3 Å². The Labute approximate surface area is 128 Å². The summed E-state index contributed by atoms with van der Waals surface area (Å²) in [6, 6.07) is 6.59. The van der Waals surface area contributed by atoms with Gasteiger partial charge in [0.15, 0.2) is 0 Å². The molecule has 1 aromatic carbocycles. The minimum atomic E-state index is -0.615. The van der Waals surface area contributed by atoms with Crippen LogP contribution in [0, 0.1) is 0 Å². The Balaban J connectivity index is 2.23. The number of benzene rings is 1. The largest absolute Gasteiger partial charge is 0.443 e. The zero-order chi connectivity index (χ0) is 16.3. The topological polar surface area (TPSA) is 117 Å². The number of carbonyl (C=O) groups excluding carboxylic acids is 1. The highest BCUT2D eigenvalue weighted by atomic mass is 16.6. The highest BCUT2D eigenvalue weighted by molar-refractivity contribution is 5.95. The normalized spacial score (nSPS) is 17.7.